The smallest absolute Gasteiger partial charge is 0.354 e. The summed E-state index contributed by atoms with van der Waals surface area (Å²) < 4.78 is 15.8. The first kappa shape index (κ1) is 18.8. The molecule has 1 aliphatic rings. The predicted molar refractivity (Wildman–Crippen MR) is 99.9 cm³/mol. The number of nitrogens with zero attached hydrogens (tertiary/aromatic N) is 3. The molecule has 9 heteroatoms. The second-order valence-corrected chi connectivity index (χ2v) is 6.61. The van der Waals surface area contributed by atoms with Crippen LogP contribution in [0, 0.1) is 0 Å². The van der Waals surface area contributed by atoms with E-state index in [9.17, 15) is 9.59 Å². The van der Waals surface area contributed by atoms with Gasteiger partial charge in [-0.05, 0) is 18.2 Å². The molecule has 1 aliphatic heterocycles. The number of benzene rings is 1. The van der Waals surface area contributed by atoms with Gasteiger partial charge in [0.05, 0.1) is 19.9 Å². The van der Waals surface area contributed by atoms with Crippen LogP contribution in [0.3, 0.4) is 0 Å². The Labute approximate surface area is 160 Å². The third-order valence-electron chi connectivity index (χ3n) is 3.98. The quantitative estimate of drug-likeness (QED) is 0.705. The third kappa shape index (κ3) is 4.25. The van der Waals surface area contributed by atoms with Gasteiger partial charge in [0.25, 0.3) is 0 Å². The Morgan fingerprint density at radius 1 is 1.22 bits per heavy atom. The number of hydrazone groups is 1. The van der Waals surface area contributed by atoms with Crippen molar-refractivity contribution in [3.05, 3.63) is 29.3 Å². The molecule has 8 nitrogen and oxygen atoms in total. The van der Waals surface area contributed by atoms with Gasteiger partial charge in [-0.1, -0.05) is 0 Å². The molecule has 1 amide bonds. The minimum atomic E-state index is -0.532. The summed E-state index contributed by atoms with van der Waals surface area (Å²) in [6.07, 6.45) is 0.542. The van der Waals surface area contributed by atoms with Crippen LogP contribution in [0.5, 0.6) is 11.5 Å². The van der Waals surface area contributed by atoms with E-state index in [1.807, 2.05) is 23.6 Å². The fourth-order valence-corrected chi connectivity index (χ4v) is 3.32. The van der Waals surface area contributed by atoms with Gasteiger partial charge in [0.1, 0.15) is 17.3 Å². The number of aromatic nitrogens is 1. The number of amides is 1. The molecule has 0 bridgehead atoms. The van der Waals surface area contributed by atoms with Crippen molar-refractivity contribution in [2.45, 2.75) is 19.4 Å². The van der Waals surface area contributed by atoms with E-state index >= 15 is 0 Å². The van der Waals surface area contributed by atoms with E-state index in [1.54, 1.807) is 14.2 Å². The van der Waals surface area contributed by atoms with Gasteiger partial charge in [0.2, 0.25) is 5.91 Å². The summed E-state index contributed by atoms with van der Waals surface area (Å²) >= 11 is 1.44. The first-order valence-electron chi connectivity index (χ1n) is 8.19. The lowest BCUT2D eigenvalue weighted by atomic mass is 10.2. The molecule has 1 aromatic carbocycles. The molecular weight excluding hydrogens is 370 g/mol. The monoisotopic (exact) mass is 389 g/mol. The molecule has 0 unspecified atom stereocenters. The standard InChI is InChI=1S/C18H19N3O5S/c1-21-16(22)7-5-13(20-21)18(23)26-9-12-10-27-17(19-12)11-4-6-14(24-2)15(8-11)25-3/h4,6,8,10H,5,7,9H2,1-3H3. The van der Waals surface area contributed by atoms with Crippen LogP contribution in [0.1, 0.15) is 18.5 Å². The number of hydrogen-bond donors (Lipinski definition) is 0. The van der Waals surface area contributed by atoms with Crippen LogP contribution in [0.15, 0.2) is 28.7 Å². The van der Waals surface area contributed by atoms with Crippen molar-refractivity contribution in [1.82, 2.24) is 9.99 Å². The summed E-state index contributed by atoms with van der Waals surface area (Å²) in [5, 5.41) is 7.72. The molecule has 3 rings (SSSR count). The van der Waals surface area contributed by atoms with E-state index in [1.165, 1.54) is 18.4 Å². The van der Waals surface area contributed by atoms with Crippen molar-refractivity contribution in [2.75, 3.05) is 21.3 Å². The molecule has 0 aliphatic carbocycles. The van der Waals surface area contributed by atoms with Crippen molar-refractivity contribution in [2.24, 2.45) is 5.10 Å². The third-order valence-corrected chi connectivity index (χ3v) is 4.92. The van der Waals surface area contributed by atoms with Gasteiger partial charge < -0.3 is 14.2 Å². The molecule has 0 N–H and O–H groups in total. The average Bonchev–Trinajstić information content (AvgIpc) is 3.16. The van der Waals surface area contributed by atoms with Crippen LogP contribution in [0.2, 0.25) is 0 Å². The van der Waals surface area contributed by atoms with Gasteiger partial charge in [0, 0.05) is 30.8 Å². The highest BCUT2D eigenvalue weighted by Crippen LogP contribution is 2.33. The lowest BCUT2D eigenvalue weighted by Gasteiger charge is -2.18. The lowest BCUT2D eigenvalue weighted by molar-refractivity contribution is -0.137. The van der Waals surface area contributed by atoms with Gasteiger partial charge in [0.15, 0.2) is 11.5 Å². The molecule has 142 valence electrons. The maximum Gasteiger partial charge on any atom is 0.354 e. The first-order chi connectivity index (χ1) is 13.0. The number of methoxy groups -OCH3 is 2. The number of carbonyl (C=O) groups excluding carboxylic acids is 2. The highest BCUT2D eigenvalue weighted by Gasteiger charge is 2.23. The van der Waals surface area contributed by atoms with E-state index in [0.29, 0.717) is 17.2 Å². The van der Waals surface area contributed by atoms with E-state index in [4.69, 9.17) is 14.2 Å². The Balaban J connectivity index is 1.65. The average molecular weight is 389 g/mol. The zero-order valence-electron chi connectivity index (χ0n) is 15.2. The fraction of sp³-hybridized carbons (Fsp3) is 0.333. The van der Waals surface area contributed by atoms with Crippen molar-refractivity contribution < 1.29 is 23.8 Å². The van der Waals surface area contributed by atoms with Crippen molar-refractivity contribution in [3.8, 4) is 22.1 Å². The van der Waals surface area contributed by atoms with Crippen molar-refractivity contribution >= 4 is 28.9 Å². The summed E-state index contributed by atoms with van der Waals surface area (Å²) in [4.78, 5) is 28.0. The fourth-order valence-electron chi connectivity index (χ4n) is 2.51. The molecule has 2 aromatic rings. The molecule has 2 heterocycles. The van der Waals surface area contributed by atoms with Gasteiger partial charge >= 0.3 is 5.97 Å². The molecule has 0 saturated carbocycles. The van der Waals surface area contributed by atoms with E-state index in [0.717, 1.165) is 15.6 Å². The molecule has 1 aromatic heterocycles. The number of carbonyl (C=O) groups is 2. The zero-order valence-corrected chi connectivity index (χ0v) is 16.0. The van der Waals surface area contributed by atoms with Gasteiger partial charge in [-0.15, -0.1) is 11.3 Å². The molecule has 0 fully saturated rings. The molecule has 0 spiro atoms. The normalized spacial score (nSPS) is 14.0. The Morgan fingerprint density at radius 2 is 2.00 bits per heavy atom. The van der Waals surface area contributed by atoms with E-state index in [2.05, 4.69) is 10.1 Å². The number of esters is 1. The Kier molecular flexibility index (Phi) is 5.70. The second kappa shape index (κ2) is 8.17. The Morgan fingerprint density at radius 3 is 2.70 bits per heavy atom. The summed E-state index contributed by atoms with van der Waals surface area (Å²) in [6, 6.07) is 5.55. The summed E-state index contributed by atoms with van der Waals surface area (Å²) in [6.45, 7) is 0.0410. The van der Waals surface area contributed by atoms with Crippen LogP contribution in [-0.2, 0) is 20.9 Å². The molecule has 0 radical (unpaired) electrons. The molecular formula is C18H19N3O5S. The minimum Gasteiger partial charge on any atom is -0.493 e. The van der Waals surface area contributed by atoms with Gasteiger partial charge in [-0.3, -0.25) is 4.79 Å². The first-order valence-corrected chi connectivity index (χ1v) is 9.07. The number of rotatable bonds is 6. The zero-order chi connectivity index (χ0) is 19.4. The molecule has 27 heavy (non-hydrogen) atoms. The maximum absolute atomic E-state index is 12.1. The Bertz CT molecular complexity index is 893. The van der Waals surface area contributed by atoms with Crippen LogP contribution in [-0.4, -0.2) is 48.8 Å². The predicted octanol–water partition coefficient (Wildman–Crippen LogP) is 2.48. The molecule has 0 atom stereocenters. The number of thiazole rings is 1. The van der Waals surface area contributed by atoms with Gasteiger partial charge in [-0.2, -0.15) is 5.10 Å². The second-order valence-electron chi connectivity index (χ2n) is 5.75. The maximum atomic E-state index is 12.1. The summed E-state index contributed by atoms with van der Waals surface area (Å²) in [7, 11) is 4.68. The van der Waals surface area contributed by atoms with Crippen molar-refractivity contribution in [3.63, 3.8) is 0 Å². The highest BCUT2D eigenvalue weighted by atomic mass is 32.1. The number of hydrogen-bond acceptors (Lipinski definition) is 8. The lowest BCUT2D eigenvalue weighted by Crippen LogP contribution is -2.32. The van der Waals surface area contributed by atoms with Crippen LogP contribution in [0.4, 0.5) is 0 Å². The minimum absolute atomic E-state index is 0.0410. The molecule has 0 saturated heterocycles. The van der Waals surface area contributed by atoms with Crippen LogP contribution < -0.4 is 9.47 Å². The van der Waals surface area contributed by atoms with E-state index in [-0.39, 0.29) is 31.1 Å². The summed E-state index contributed by atoms with van der Waals surface area (Å²) in [5.74, 6) is 0.608. The Hall–Kier alpha value is -2.94. The van der Waals surface area contributed by atoms with E-state index < -0.39 is 5.97 Å². The van der Waals surface area contributed by atoms with Crippen LogP contribution >= 0.6 is 11.3 Å². The largest absolute Gasteiger partial charge is 0.493 e. The number of ether oxygens (including phenoxy) is 3. The highest BCUT2D eigenvalue weighted by molar-refractivity contribution is 7.13. The van der Waals surface area contributed by atoms with Gasteiger partial charge in [-0.25, -0.2) is 14.8 Å². The summed E-state index contributed by atoms with van der Waals surface area (Å²) in [5.41, 5.74) is 1.76. The SMILES string of the molecule is COc1ccc(-c2nc(COC(=O)C3=NN(C)C(=O)CC3)cs2)cc1OC. The van der Waals surface area contributed by atoms with Crippen LogP contribution in [0.25, 0.3) is 10.6 Å². The topological polar surface area (TPSA) is 90.3 Å². The van der Waals surface area contributed by atoms with Crippen molar-refractivity contribution in [1.29, 1.82) is 0 Å².